The van der Waals surface area contributed by atoms with Crippen molar-refractivity contribution in [2.75, 3.05) is 52.4 Å². The van der Waals surface area contributed by atoms with Gasteiger partial charge in [0.25, 0.3) is 5.91 Å². The summed E-state index contributed by atoms with van der Waals surface area (Å²) in [6, 6.07) is 21.5. The second-order valence-corrected chi connectivity index (χ2v) is 10.3. The van der Waals surface area contributed by atoms with E-state index in [0.29, 0.717) is 0 Å². The molecule has 2 heterocycles. The van der Waals surface area contributed by atoms with Crippen LogP contribution in [0.25, 0.3) is 21.8 Å². The van der Waals surface area contributed by atoms with Crippen LogP contribution in [-0.4, -0.2) is 77.5 Å². The molecule has 0 aliphatic carbocycles. The number of amides is 1. The Balaban J connectivity index is 1.26. The zero-order valence-corrected chi connectivity index (χ0v) is 22.7. The molecule has 1 aromatic heterocycles. The first-order valence-electron chi connectivity index (χ1n) is 14.1. The normalized spacial score (nSPS) is 14.7. The maximum Gasteiger partial charge on any atom is 0.253 e. The van der Waals surface area contributed by atoms with E-state index in [1.807, 2.05) is 23.1 Å². The summed E-state index contributed by atoms with van der Waals surface area (Å²) in [4.78, 5) is 20.3. The lowest BCUT2D eigenvalue weighted by molar-refractivity contribution is 0.0638. The van der Waals surface area contributed by atoms with Gasteiger partial charge in [0.1, 0.15) is 5.82 Å². The molecule has 38 heavy (non-hydrogen) atoms. The van der Waals surface area contributed by atoms with Crippen LogP contribution in [0.3, 0.4) is 0 Å². The standard InChI is InChI=1S/C32H39FN4O/c1-3-34(4-2)17-7-18-37-30-9-6-5-8-28(30)29-24-26(12-15-31(29)37)32(38)36-22-20-35(21-23-36)19-16-25-10-13-27(33)14-11-25/h5-6,8-15,24H,3-4,7,16-23H2,1-2H3. The van der Waals surface area contributed by atoms with E-state index < -0.39 is 0 Å². The lowest BCUT2D eigenvalue weighted by atomic mass is 10.1. The highest BCUT2D eigenvalue weighted by Gasteiger charge is 2.23. The minimum Gasteiger partial charge on any atom is -0.340 e. The smallest absolute Gasteiger partial charge is 0.253 e. The van der Waals surface area contributed by atoms with Crippen molar-refractivity contribution >= 4 is 27.7 Å². The number of piperazine rings is 1. The van der Waals surface area contributed by atoms with Crippen LogP contribution in [0.2, 0.25) is 0 Å². The fourth-order valence-corrected chi connectivity index (χ4v) is 5.72. The van der Waals surface area contributed by atoms with Crippen molar-refractivity contribution in [1.82, 2.24) is 19.3 Å². The predicted octanol–water partition coefficient (Wildman–Crippen LogP) is 5.67. The van der Waals surface area contributed by atoms with Gasteiger partial charge in [-0.05, 0) is 74.4 Å². The van der Waals surface area contributed by atoms with Crippen LogP contribution in [-0.2, 0) is 13.0 Å². The number of hydrogen-bond donors (Lipinski definition) is 0. The minimum absolute atomic E-state index is 0.114. The van der Waals surface area contributed by atoms with Crippen molar-refractivity contribution in [3.63, 3.8) is 0 Å². The predicted molar refractivity (Wildman–Crippen MR) is 154 cm³/mol. The molecular formula is C32H39FN4O. The van der Waals surface area contributed by atoms with Crippen molar-refractivity contribution < 1.29 is 9.18 Å². The third-order valence-corrected chi connectivity index (χ3v) is 8.06. The van der Waals surface area contributed by atoms with E-state index in [-0.39, 0.29) is 11.7 Å². The fraction of sp³-hybridized carbons (Fsp3) is 0.406. The SMILES string of the molecule is CCN(CC)CCCn1c2ccccc2c2cc(C(=O)N3CCN(CCc4ccc(F)cc4)CC3)ccc21. The quantitative estimate of drug-likeness (QED) is 0.273. The average molecular weight is 515 g/mol. The number of para-hydroxylation sites is 1. The molecule has 0 saturated carbocycles. The van der Waals surface area contributed by atoms with Crippen molar-refractivity contribution in [2.45, 2.75) is 33.2 Å². The summed E-state index contributed by atoms with van der Waals surface area (Å²) in [5.41, 5.74) is 4.35. The summed E-state index contributed by atoms with van der Waals surface area (Å²) in [5, 5.41) is 2.37. The lowest BCUT2D eigenvalue weighted by Gasteiger charge is -2.34. The Morgan fingerprint density at radius 1 is 0.842 bits per heavy atom. The summed E-state index contributed by atoms with van der Waals surface area (Å²) in [7, 11) is 0. The molecule has 200 valence electrons. The van der Waals surface area contributed by atoms with Gasteiger partial charge in [0.15, 0.2) is 0 Å². The van der Waals surface area contributed by atoms with E-state index in [0.717, 1.165) is 88.3 Å². The van der Waals surface area contributed by atoms with E-state index in [2.05, 4.69) is 64.6 Å². The van der Waals surface area contributed by atoms with Crippen LogP contribution in [0.1, 0.15) is 36.2 Å². The summed E-state index contributed by atoms with van der Waals surface area (Å²) >= 11 is 0. The highest BCUT2D eigenvalue weighted by molar-refractivity contribution is 6.10. The van der Waals surface area contributed by atoms with E-state index in [4.69, 9.17) is 0 Å². The average Bonchev–Trinajstić information content (AvgIpc) is 3.28. The number of hydrogen-bond acceptors (Lipinski definition) is 3. The van der Waals surface area contributed by atoms with Gasteiger partial charge >= 0.3 is 0 Å². The zero-order valence-electron chi connectivity index (χ0n) is 22.7. The zero-order chi connectivity index (χ0) is 26.5. The van der Waals surface area contributed by atoms with Crippen LogP contribution >= 0.6 is 0 Å². The molecule has 3 aromatic carbocycles. The molecule has 0 radical (unpaired) electrons. The Labute approximate surface area is 225 Å². The summed E-state index contributed by atoms with van der Waals surface area (Å²) in [5.74, 6) is -0.0811. The third-order valence-electron chi connectivity index (χ3n) is 8.06. The van der Waals surface area contributed by atoms with E-state index in [9.17, 15) is 9.18 Å². The van der Waals surface area contributed by atoms with Crippen LogP contribution in [0.5, 0.6) is 0 Å². The van der Waals surface area contributed by atoms with Crippen LogP contribution < -0.4 is 0 Å². The molecule has 6 heteroatoms. The maximum atomic E-state index is 13.5. The summed E-state index contributed by atoms with van der Waals surface area (Å²) < 4.78 is 15.6. The second kappa shape index (κ2) is 12.1. The molecule has 1 saturated heterocycles. The summed E-state index contributed by atoms with van der Waals surface area (Å²) in [6.45, 7) is 12.8. The van der Waals surface area contributed by atoms with Crippen molar-refractivity contribution in [3.8, 4) is 0 Å². The fourth-order valence-electron chi connectivity index (χ4n) is 5.72. The van der Waals surface area contributed by atoms with Gasteiger partial charge in [0.05, 0.1) is 0 Å². The Bertz CT molecular complexity index is 1370. The Morgan fingerprint density at radius 3 is 2.29 bits per heavy atom. The molecule has 0 atom stereocenters. The number of aryl methyl sites for hydroxylation is 1. The second-order valence-electron chi connectivity index (χ2n) is 10.3. The molecule has 1 fully saturated rings. The molecule has 1 amide bonds. The van der Waals surface area contributed by atoms with Crippen molar-refractivity contribution in [3.05, 3.63) is 83.7 Å². The molecule has 4 aromatic rings. The summed E-state index contributed by atoms with van der Waals surface area (Å²) in [6.07, 6.45) is 1.99. The van der Waals surface area contributed by atoms with Crippen LogP contribution in [0.4, 0.5) is 4.39 Å². The number of benzene rings is 3. The Kier molecular flexibility index (Phi) is 8.40. The Morgan fingerprint density at radius 2 is 1.55 bits per heavy atom. The van der Waals surface area contributed by atoms with Crippen LogP contribution in [0, 0.1) is 5.82 Å². The van der Waals surface area contributed by atoms with Gasteiger partial charge in [-0.2, -0.15) is 0 Å². The van der Waals surface area contributed by atoms with Gasteiger partial charge in [0.2, 0.25) is 0 Å². The lowest BCUT2D eigenvalue weighted by Crippen LogP contribution is -2.49. The molecule has 1 aliphatic rings. The molecule has 1 aliphatic heterocycles. The van der Waals surface area contributed by atoms with E-state index in [1.54, 1.807) is 0 Å². The first-order valence-corrected chi connectivity index (χ1v) is 14.1. The van der Waals surface area contributed by atoms with Gasteiger partial charge in [-0.3, -0.25) is 9.69 Å². The Hall–Kier alpha value is -3.22. The van der Waals surface area contributed by atoms with Gasteiger partial charge < -0.3 is 14.4 Å². The number of fused-ring (bicyclic) bond motifs is 3. The molecule has 0 N–H and O–H groups in total. The van der Waals surface area contributed by atoms with Gasteiger partial charge in [-0.25, -0.2) is 4.39 Å². The van der Waals surface area contributed by atoms with E-state index >= 15 is 0 Å². The van der Waals surface area contributed by atoms with E-state index in [1.165, 1.54) is 28.6 Å². The largest absolute Gasteiger partial charge is 0.340 e. The molecule has 0 unspecified atom stereocenters. The van der Waals surface area contributed by atoms with Crippen molar-refractivity contribution in [1.29, 1.82) is 0 Å². The highest BCUT2D eigenvalue weighted by atomic mass is 19.1. The molecule has 5 nitrogen and oxygen atoms in total. The molecule has 5 rings (SSSR count). The topological polar surface area (TPSA) is 31.7 Å². The maximum absolute atomic E-state index is 13.5. The van der Waals surface area contributed by atoms with Gasteiger partial charge in [-0.15, -0.1) is 0 Å². The molecular weight excluding hydrogens is 475 g/mol. The van der Waals surface area contributed by atoms with Crippen LogP contribution in [0.15, 0.2) is 66.7 Å². The van der Waals surface area contributed by atoms with Gasteiger partial charge in [0, 0.05) is 66.6 Å². The number of carbonyl (C=O) groups excluding carboxylic acids is 1. The highest BCUT2D eigenvalue weighted by Crippen LogP contribution is 2.30. The number of halogens is 1. The molecule has 0 spiro atoms. The number of carbonyl (C=O) groups is 1. The molecule has 0 bridgehead atoms. The van der Waals surface area contributed by atoms with Gasteiger partial charge in [-0.1, -0.05) is 44.2 Å². The minimum atomic E-state index is -0.195. The first-order chi connectivity index (χ1) is 18.6. The number of aromatic nitrogens is 1. The monoisotopic (exact) mass is 514 g/mol. The number of rotatable bonds is 10. The third kappa shape index (κ3) is 5.77. The first kappa shape index (κ1) is 26.4. The van der Waals surface area contributed by atoms with Crippen molar-refractivity contribution in [2.24, 2.45) is 0 Å². The number of nitrogens with zero attached hydrogens (tertiary/aromatic N) is 4.